The molecule has 0 spiro atoms. The van der Waals surface area contributed by atoms with Crippen molar-refractivity contribution in [2.45, 2.75) is 38.2 Å². The predicted octanol–water partition coefficient (Wildman–Crippen LogP) is 6.37. The smallest absolute Gasteiger partial charge is 0.319 e. The van der Waals surface area contributed by atoms with Gasteiger partial charge in [-0.3, -0.25) is 0 Å². The number of thiophene rings is 1. The van der Waals surface area contributed by atoms with Crippen LogP contribution in [0.15, 0.2) is 12.1 Å². The highest BCUT2D eigenvalue weighted by Gasteiger charge is 2.32. The van der Waals surface area contributed by atoms with E-state index in [0.29, 0.717) is 30.9 Å². The highest BCUT2D eigenvalue weighted by Crippen LogP contribution is 2.50. The lowest BCUT2D eigenvalue weighted by molar-refractivity contribution is 0.136. The highest BCUT2D eigenvalue weighted by atomic mass is 35.5. The minimum atomic E-state index is -0.731. The van der Waals surface area contributed by atoms with Gasteiger partial charge in [-0.05, 0) is 45.0 Å². The monoisotopic (exact) mass is 598 g/mol. The van der Waals surface area contributed by atoms with Crippen molar-refractivity contribution in [3.8, 4) is 29.0 Å². The van der Waals surface area contributed by atoms with Gasteiger partial charge in [-0.1, -0.05) is 30.5 Å². The van der Waals surface area contributed by atoms with Crippen molar-refractivity contribution in [3.63, 3.8) is 0 Å². The maximum Gasteiger partial charge on any atom is 0.319 e. The van der Waals surface area contributed by atoms with E-state index in [9.17, 15) is 9.65 Å². The lowest BCUT2D eigenvalue weighted by Gasteiger charge is -2.26. The standard InChI is InChI=1S/C29H29ClF2N6O2S/c1-37(2)14-15-7-5-3-4-6-10-38-11-12-39-25-21-24(35-29(40-15)36-28(21)38)23(32)20(22(25)30)16-8-9-18(31)26-19(16)17(13-33)27(34)41-26/h8-9,15H,3-7,10-12,14,34H2,1-2H3. The quantitative estimate of drug-likeness (QED) is 0.290. The van der Waals surface area contributed by atoms with Crippen LogP contribution < -0.4 is 20.1 Å². The molecule has 0 radical (unpaired) electrons. The lowest BCUT2D eigenvalue weighted by atomic mass is 9.96. The van der Waals surface area contributed by atoms with Crippen LogP contribution in [0, 0.1) is 23.0 Å². The molecule has 214 valence electrons. The largest absolute Gasteiger partial charge is 0.489 e. The second-order valence-electron chi connectivity index (χ2n) is 10.7. The topological polar surface area (TPSA) is 101 Å². The van der Waals surface area contributed by atoms with E-state index in [-0.39, 0.29) is 60.2 Å². The van der Waals surface area contributed by atoms with E-state index in [1.54, 1.807) is 0 Å². The van der Waals surface area contributed by atoms with Gasteiger partial charge in [-0.25, -0.2) is 8.78 Å². The second kappa shape index (κ2) is 11.1. The highest BCUT2D eigenvalue weighted by molar-refractivity contribution is 7.23. The Morgan fingerprint density at radius 1 is 1.17 bits per heavy atom. The lowest BCUT2D eigenvalue weighted by Crippen LogP contribution is -2.32. The SMILES string of the molecule is CN(C)CC1CCCCCCN2CCOc3c(Cl)c(-c4ccc(F)c5sc(N)c(C#N)c45)c(F)c4nc(nc2c34)O1. The zero-order valence-electron chi connectivity index (χ0n) is 22.8. The Balaban J connectivity index is 1.64. The number of aromatic nitrogens is 2. The Labute approximate surface area is 245 Å². The molecule has 2 aliphatic rings. The first-order valence-corrected chi connectivity index (χ1v) is 14.8. The van der Waals surface area contributed by atoms with Crippen molar-refractivity contribution in [2.75, 3.05) is 51.0 Å². The summed E-state index contributed by atoms with van der Waals surface area (Å²) in [5.41, 5.74) is 6.32. The molecule has 6 rings (SSSR count). The van der Waals surface area contributed by atoms with Gasteiger partial charge < -0.3 is 25.0 Å². The van der Waals surface area contributed by atoms with Crippen LogP contribution in [0.4, 0.5) is 19.6 Å². The van der Waals surface area contributed by atoms with Crippen molar-refractivity contribution in [3.05, 3.63) is 34.4 Å². The number of halogens is 3. The van der Waals surface area contributed by atoms with Crippen LogP contribution in [-0.4, -0.2) is 61.3 Å². The van der Waals surface area contributed by atoms with Crippen LogP contribution in [0.3, 0.4) is 0 Å². The molecule has 0 saturated carbocycles. The number of nitriles is 1. The normalized spacial score (nSPS) is 17.6. The van der Waals surface area contributed by atoms with Gasteiger partial charge in [0.1, 0.15) is 40.9 Å². The zero-order chi connectivity index (χ0) is 28.8. The molecule has 41 heavy (non-hydrogen) atoms. The third-order valence-electron chi connectivity index (χ3n) is 7.59. The van der Waals surface area contributed by atoms with Gasteiger partial charge in [0.25, 0.3) is 0 Å². The van der Waals surface area contributed by atoms with Crippen LogP contribution >= 0.6 is 22.9 Å². The van der Waals surface area contributed by atoms with Crippen molar-refractivity contribution in [1.82, 2.24) is 14.9 Å². The van der Waals surface area contributed by atoms with E-state index in [2.05, 4.69) is 9.88 Å². The zero-order valence-corrected chi connectivity index (χ0v) is 24.3. The van der Waals surface area contributed by atoms with Gasteiger partial charge in [0.15, 0.2) is 11.6 Å². The summed E-state index contributed by atoms with van der Waals surface area (Å²) in [6.45, 7) is 2.19. The molecule has 4 heterocycles. The van der Waals surface area contributed by atoms with E-state index in [1.165, 1.54) is 12.1 Å². The van der Waals surface area contributed by atoms with Gasteiger partial charge in [-0.2, -0.15) is 15.2 Å². The molecule has 2 aromatic carbocycles. The maximum atomic E-state index is 16.8. The molecule has 12 heteroatoms. The molecular formula is C29H29ClF2N6O2S. The summed E-state index contributed by atoms with van der Waals surface area (Å²) >= 11 is 7.87. The van der Waals surface area contributed by atoms with Crippen LogP contribution in [-0.2, 0) is 0 Å². The van der Waals surface area contributed by atoms with Gasteiger partial charge in [0.2, 0.25) is 0 Å². The Morgan fingerprint density at radius 2 is 1.98 bits per heavy atom. The van der Waals surface area contributed by atoms with E-state index in [1.807, 2.05) is 25.1 Å². The van der Waals surface area contributed by atoms with Crippen molar-refractivity contribution in [2.24, 2.45) is 0 Å². The number of anilines is 2. The number of fused-ring (bicyclic) bond motifs is 2. The molecule has 1 atom stereocenters. The number of hydrogen-bond donors (Lipinski definition) is 1. The molecule has 1 unspecified atom stereocenters. The number of rotatable bonds is 3. The molecule has 4 aromatic rings. The number of nitrogens with two attached hydrogens (primary N) is 1. The van der Waals surface area contributed by atoms with Crippen molar-refractivity contribution >= 4 is 54.7 Å². The Hall–Kier alpha value is -3.46. The number of hydrogen-bond acceptors (Lipinski definition) is 9. The molecule has 2 aliphatic heterocycles. The summed E-state index contributed by atoms with van der Waals surface area (Å²) in [5, 5.41) is 10.5. The van der Waals surface area contributed by atoms with E-state index < -0.39 is 11.6 Å². The number of benzene rings is 2. The van der Waals surface area contributed by atoms with E-state index >= 15 is 4.39 Å². The van der Waals surface area contributed by atoms with Gasteiger partial charge in [0.05, 0.1) is 27.2 Å². The summed E-state index contributed by atoms with van der Waals surface area (Å²) in [6, 6.07) is 4.75. The Morgan fingerprint density at radius 3 is 2.76 bits per heavy atom. The molecule has 0 aliphatic carbocycles. The Bertz CT molecular complexity index is 1710. The van der Waals surface area contributed by atoms with Gasteiger partial charge >= 0.3 is 6.01 Å². The van der Waals surface area contributed by atoms with Crippen molar-refractivity contribution in [1.29, 1.82) is 5.26 Å². The van der Waals surface area contributed by atoms with E-state index in [0.717, 1.165) is 50.0 Å². The average Bonchev–Trinajstić information content (AvgIpc) is 3.16. The number of ether oxygens (including phenoxy) is 2. The number of nitrogens with zero attached hydrogens (tertiary/aromatic N) is 5. The molecule has 2 N–H and O–H groups in total. The van der Waals surface area contributed by atoms with Crippen molar-refractivity contribution < 1.29 is 18.3 Å². The van der Waals surface area contributed by atoms with Gasteiger partial charge in [0, 0.05) is 24.0 Å². The fourth-order valence-corrected chi connectivity index (χ4v) is 7.03. The van der Waals surface area contributed by atoms with Crippen LogP contribution in [0.1, 0.15) is 37.7 Å². The molecule has 0 amide bonds. The molecule has 2 aromatic heterocycles. The third kappa shape index (κ3) is 4.88. The summed E-state index contributed by atoms with van der Waals surface area (Å²) in [6.07, 6.45) is 4.75. The fourth-order valence-electron chi connectivity index (χ4n) is 5.75. The Kier molecular flexibility index (Phi) is 7.49. The first kappa shape index (κ1) is 27.7. The van der Waals surface area contributed by atoms with Crippen LogP contribution in [0.2, 0.25) is 5.02 Å². The summed E-state index contributed by atoms with van der Waals surface area (Å²) < 4.78 is 44.3. The summed E-state index contributed by atoms with van der Waals surface area (Å²) in [5.74, 6) is -0.530. The number of nitrogen functional groups attached to an aromatic ring is 1. The third-order valence-corrected chi connectivity index (χ3v) is 8.98. The fraction of sp³-hybridized carbons (Fsp3) is 0.414. The second-order valence-corrected chi connectivity index (χ2v) is 12.1. The molecule has 0 saturated heterocycles. The first-order chi connectivity index (χ1) is 19.8. The van der Waals surface area contributed by atoms with E-state index in [4.69, 9.17) is 31.8 Å². The van der Waals surface area contributed by atoms with Crippen LogP contribution in [0.25, 0.3) is 32.1 Å². The predicted molar refractivity (Wildman–Crippen MR) is 158 cm³/mol. The summed E-state index contributed by atoms with van der Waals surface area (Å²) in [4.78, 5) is 13.5. The minimum Gasteiger partial charge on any atom is -0.489 e. The molecule has 8 nitrogen and oxygen atoms in total. The van der Waals surface area contributed by atoms with Gasteiger partial charge in [-0.15, -0.1) is 11.3 Å². The number of likely N-dealkylation sites (N-methyl/N-ethyl adjacent to an activating group) is 1. The minimum absolute atomic E-state index is 0.00328. The molecular weight excluding hydrogens is 570 g/mol. The molecule has 2 bridgehead atoms. The van der Waals surface area contributed by atoms with Crippen LogP contribution in [0.5, 0.6) is 11.8 Å². The average molecular weight is 599 g/mol. The summed E-state index contributed by atoms with van der Waals surface area (Å²) in [7, 11) is 3.95. The maximum absolute atomic E-state index is 16.8. The first-order valence-electron chi connectivity index (χ1n) is 13.6. The molecule has 0 fully saturated rings.